The maximum Gasteiger partial charge on any atom is 0.309 e. The molecule has 6 nitrogen and oxygen atoms in total. The molecular weight excluding hydrogens is 480 g/mol. The number of fused-ring (bicyclic) bond motifs is 4. The molecular formula is C32H48O6. The zero-order valence-corrected chi connectivity index (χ0v) is 24.7. The summed E-state index contributed by atoms with van der Waals surface area (Å²) in [5, 5.41) is 10.2. The molecule has 9 unspecified atom stereocenters. The van der Waals surface area contributed by atoms with Gasteiger partial charge in [0.05, 0.1) is 18.4 Å². The average molecular weight is 529 g/mol. The SMILES string of the molecule is CC(=O)OCC1(C)CCC2(C)CCC3(C)C(=CC4OC(=O)CC5(C)C(C(C)(C)C(=O)O)CCC3(C)C45)C2C1. The number of esters is 2. The smallest absolute Gasteiger partial charge is 0.309 e. The van der Waals surface area contributed by atoms with Crippen LogP contribution in [0, 0.1) is 50.2 Å². The van der Waals surface area contributed by atoms with E-state index in [4.69, 9.17) is 9.47 Å². The Kier molecular flexibility index (Phi) is 6.07. The molecule has 0 aromatic heterocycles. The molecule has 4 fully saturated rings. The van der Waals surface area contributed by atoms with Crippen LogP contribution in [0.1, 0.15) is 107 Å². The van der Waals surface area contributed by atoms with Crippen LogP contribution in [0.5, 0.6) is 0 Å². The first kappa shape index (κ1) is 27.7. The normalized spacial score (nSPS) is 48.0. The Bertz CT molecular complexity index is 1090. The molecule has 3 saturated carbocycles. The fourth-order valence-electron chi connectivity index (χ4n) is 10.5. The number of hydrogen-bond donors (Lipinski definition) is 1. The molecule has 4 aliphatic carbocycles. The van der Waals surface area contributed by atoms with Gasteiger partial charge < -0.3 is 14.6 Å². The van der Waals surface area contributed by atoms with Crippen molar-refractivity contribution in [2.75, 3.05) is 6.61 Å². The number of allylic oxidation sites excluding steroid dienone is 1. The van der Waals surface area contributed by atoms with Crippen LogP contribution in [0.25, 0.3) is 0 Å². The Hall–Kier alpha value is -1.85. The predicted octanol–water partition coefficient (Wildman–Crippen LogP) is 6.57. The molecule has 0 aromatic carbocycles. The van der Waals surface area contributed by atoms with Crippen molar-refractivity contribution in [2.45, 2.75) is 113 Å². The number of carbonyl (C=O) groups excluding carboxylic acids is 2. The van der Waals surface area contributed by atoms with E-state index in [9.17, 15) is 19.5 Å². The van der Waals surface area contributed by atoms with E-state index >= 15 is 0 Å². The molecule has 0 amide bonds. The fraction of sp³-hybridized carbons (Fsp3) is 0.844. The van der Waals surface area contributed by atoms with Gasteiger partial charge in [-0.25, -0.2) is 0 Å². The van der Waals surface area contributed by atoms with E-state index in [-0.39, 0.29) is 58.0 Å². The van der Waals surface area contributed by atoms with Gasteiger partial charge in [-0.3, -0.25) is 14.4 Å². The first-order chi connectivity index (χ1) is 17.4. The maximum atomic E-state index is 13.2. The summed E-state index contributed by atoms with van der Waals surface area (Å²) in [6.07, 6.45) is 9.37. The van der Waals surface area contributed by atoms with Crippen molar-refractivity contribution in [3.63, 3.8) is 0 Å². The van der Waals surface area contributed by atoms with Gasteiger partial charge in [0.1, 0.15) is 6.10 Å². The van der Waals surface area contributed by atoms with Gasteiger partial charge in [-0.05, 0) is 98.4 Å². The number of rotatable bonds is 4. The van der Waals surface area contributed by atoms with Crippen LogP contribution in [0.15, 0.2) is 11.6 Å². The third-order valence-electron chi connectivity index (χ3n) is 13.0. The number of carbonyl (C=O) groups is 3. The third kappa shape index (κ3) is 3.67. The lowest BCUT2D eigenvalue weighted by Gasteiger charge is -2.71. The molecule has 0 bridgehead atoms. The van der Waals surface area contributed by atoms with Crippen molar-refractivity contribution < 1.29 is 29.0 Å². The van der Waals surface area contributed by atoms with Crippen LogP contribution in [-0.2, 0) is 23.9 Å². The minimum atomic E-state index is -0.920. The van der Waals surface area contributed by atoms with Crippen LogP contribution in [0.4, 0.5) is 0 Å². The third-order valence-corrected chi connectivity index (χ3v) is 13.0. The Morgan fingerprint density at radius 3 is 2.37 bits per heavy atom. The highest BCUT2D eigenvalue weighted by molar-refractivity contribution is 5.76. The standard InChI is InChI=1S/C32H48O6/c1-19(33)37-18-28(4)11-12-29(5)13-14-31(7)20(21(29)16-28)15-22-25-30(6,17-24(34)38-22)23(9-10-32(25,31)8)27(2,3)26(35)36/h15,21-23,25H,9-14,16-18H2,1-8H3,(H,35,36). The molecule has 1 heterocycles. The van der Waals surface area contributed by atoms with Gasteiger partial charge >= 0.3 is 17.9 Å². The molecule has 6 heteroatoms. The quantitative estimate of drug-likeness (QED) is 0.328. The summed E-state index contributed by atoms with van der Waals surface area (Å²) in [5.74, 6) is -0.896. The number of carboxylic acid groups (broad SMARTS) is 1. The second-order valence-corrected chi connectivity index (χ2v) is 15.6. The number of hydrogen-bond acceptors (Lipinski definition) is 5. The van der Waals surface area contributed by atoms with Crippen molar-refractivity contribution in [1.29, 1.82) is 0 Å². The Balaban J connectivity index is 1.61. The first-order valence-corrected chi connectivity index (χ1v) is 14.7. The molecule has 1 N–H and O–H groups in total. The van der Waals surface area contributed by atoms with Gasteiger partial charge in [-0.2, -0.15) is 0 Å². The van der Waals surface area contributed by atoms with Crippen LogP contribution >= 0.6 is 0 Å². The summed E-state index contributed by atoms with van der Waals surface area (Å²) in [6, 6.07) is 0. The van der Waals surface area contributed by atoms with Crippen molar-refractivity contribution in [3.8, 4) is 0 Å². The van der Waals surface area contributed by atoms with Crippen molar-refractivity contribution in [3.05, 3.63) is 11.6 Å². The van der Waals surface area contributed by atoms with Gasteiger partial charge in [-0.15, -0.1) is 0 Å². The van der Waals surface area contributed by atoms with E-state index in [0.717, 1.165) is 44.9 Å². The summed E-state index contributed by atoms with van der Waals surface area (Å²) in [6.45, 7) is 17.3. The summed E-state index contributed by atoms with van der Waals surface area (Å²) >= 11 is 0. The Morgan fingerprint density at radius 2 is 1.74 bits per heavy atom. The van der Waals surface area contributed by atoms with E-state index in [1.807, 2.05) is 13.8 Å². The number of ether oxygens (including phenoxy) is 2. The molecule has 0 aromatic rings. The first-order valence-electron chi connectivity index (χ1n) is 14.7. The van der Waals surface area contributed by atoms with E-state index in [0.29, 0.717) is 12.5 Å². The highest BCUT2D eigenvalue weighted by Crippen LogP contribution is 2.75. The maximum absolute atomic E-state index is 13.2. The van der Waals surface area contributed by atoms with Gasteiger partial charge in [0.15, 0.2) is 0 Å². The zero-order chi connectivity index (χ0) is 28.1. The predicted molar refractivity (Wildman–Crippen MR) is 144 cm³/mol. The molecule has 0 spiro atoms. The Morgan fingerprint density at radius 1 is 1.08 bits per heavy atom. The summed E-state index contributed by atoms with van der Waals surface area (Å²) in [4.78, 5) is 37.2. The lowest BCUT2D eigenvalue weighted by Crippen LogP contribution is -2.68. The van der Waals surface area contributed by atoms with Gasteiger partial charge in [0, 0.05) is 18.3 Å². The molecule has 9 atom stereocenters. The molecule has 1 aliphatic heterocycles. The monoisotopic (exact) mass is 528 g/mol. The average Bonchev–Trinajstić information content (AvgIpc) is 2.79. The molecule has 5 rings (SSSR count). The second kappa shape index (κ2) is 8.33. The van der Waals surface area contributed by atoms with Crippen LogP contribution in [0.2, 0.25) is 0 Å². The summed E-state index contributed by atoms with van der Waals surface area (Å²) in [5.41, 5.74) is 0.0152. The van der Waals surface area contributed by atoms with E-state index in [2.05, 4.69) is 40.7 Å². The zero-order valence-electron chi connectivity index (χ0n) is 24.7. The Labute approximate surface area is 228 Å². The van der Waals surface area contributed by atoms with Crippen molar-refractivity contribution in [1.82, 2.24) is 0 Å². The van der Waals surface area contributed by atoms with Gasteiger partial charge in [0.25, 0.3) is 0 Å². The molecule has 38 heavy (non-hydrogen) atoms. The number of aliphatic carboxylic acids is 1. The minimum Gasteiger partial charge on any atom is -0.481 e. The van der Waals surface area contributed by atoms with Crippen LogP contribution in [-0.4, -0.2) is 35.7 Å². The van der Waals surface area contributed by atoms with E-state index < -0.39 is 16.8 Å². The van der Waals surface area contributed by atoms with Crippen LogP contribution in [0.3, 0.4) is 0 Å². The van der Waals surface area contributed by atoms with Crippen molar-refractivity contribution >= 4 is 17.9 Å². The second-order valence-electron chi connectivity index (χ2n) is 15.6. The van der Waals surface area contributed by atoms with Gasteiger partial charge in [-0.1, -0.05) is 40.2 Å². The highest BCUT2D eigenvalue weighted by Gasteiger charge is 2.71. The van der Waals surface area contributed by atoms with Crippen LogP contribution < -0.4 is 0 Å². The lowest BCUT2D eigenvalue weighted by molar-refractivity contribution is -0.232. The van der Waals surface area contributed by atoms with E-state index in [1.54, 1.807) is 0 Å². The van der Waals surface area contributed by atoms with Gasteiger partial charge in [0.2, 0.25) is 0 Å². The fourth-order valence-corrected chi connectivity index (χ4v) is 10.5. The molecule has 0 radical (unpaired) electrons. The minimum absolute atomic E-state index is 0.0542. The topological polar surface area (TPSA) is 89.9 Å². The largest absolute Gasteiger partial charge is 0.481 e. The molecule has 1 saturated heterocycles. The summed E-state index contributed by atoms with van der Waals surface area (Å²) in [7, 11) is 0. The molecule has 5 aliphatic rings. The summed E-state index contributed by atoms with van der Waals surface area (Å²) < 4.78 is 11.7. The highest BCUT2D eigenvalue weighted by atomic mass is 16.5. The van der Waals surface area contributed by atoms with E-state index in [1.165, 1.54) is 12.5 Å². The number of carboxylic acids is 1. The lowest BCUT2D eigenvalue weighted by atomic mass is 9.34. The molecule has 212 valence electrons. The van der Waals surface area contributed by atoms with Crippen molar-refractivity contribution in [2.24, 2.45) is 50.2 Å².